The molecule has 7 heteroatoms. The van der Waals surface area contributed by atoms with Crippen molar-refractivity contribution >= 4 is 17.2 Å². The normalized spacial score (nSPS) is 10.5. The molecule has 0 spiro atoms. The van der Waals surface area contributed by atoms with Gasteiger partial charge < -0.3 is 9.73 Å². The molecule has 0 saturated carbocycles. The van der Waals surface area contributed by atoms with Crippen LogP contribution >= 0.6 is 11.3 Å². The second kappa shape index (κ2) is 6.95. The molecular formula is C15H14N4O2S. The smallest absolute Gasteiger partial charge is 0.257 e. The lowest BCUT2D eigenvalue weighted by molar-refractivity contribution is -0.121. The fourth-order valence-corrected chi connectivity index (χ4v) is 2.51. The van der Waals surface area contributed by atoms with Gasteiger partial charge in [0.05, 0.1) is 4.88 Å². The lowest BCUT2D eigenvalue weighted by Gasteiger charge is -2.03. The number of hydrogen-bond acceptors (Lipinski definition) is 6. The van der Waals surface area contributed by atoms with Crippen LogP contribution in [0.5, 0.6) is 0 Å². The Morgan fingerprint density at radius 1 is 1.27 bits per heavy atom. The molecule has 112 valence electrons. The summed E-state index contributed by atoms with van der Waals surface area (Å²) in [5, 5.41) is 12.7. The third-order valence-corrected chi connectivity index (χ3v) is 3.84. The highest BCUT2D eigenvalue weighted by atomic mass is 32.1. The summed E-state index contributed by atoms with van der Waals surface area (Å²) >= 11 is 1.54. The third-order valence-electron chi connectivity index (χ3n) is 2.98. The summed E-state index contributed by atoms with van der Waals surface area (Å²) in [4.78, 5) is 16.7. The van der Waals surface area contributed by atoms with Gasteiger partial charge in [-0.15, -0.1) is 21.5 Å². The number of amides is 1. The van der Waals surface area contributed by atoms with E-state index in [2.05, 4.69) is 20.5 Å². The minimum Gasteiger partial charge on any atom is -0.420 e. The second-order valence-corrected chi connectivity index (χ2v) is 5.56. The largest absolute Gasteiger partial charge is 0.420 e. The third kappa shape index (κ3) is 3.76. The average molecular weight is 314 g/mol. The molecule has 0 aliphatic rings. The van der Waals surface area contributed by atoms with Gasteiger partial charge in [-0.2, -0.15) is 0 Å². The summed E-state index contributed by atoms with van der Waals surface area (Å²) in [5.41, 5.74) is 0.966. The fraction of sp³-hybridized carbons (Fsp3) is 0.200. The molecular weight excluding hydrogens is 300 g/mol. The van der Waals surface area contributed by atoms with Gasteiger partial charge in [-0.3, -0.25) is 9.78 Å². The van der Waals surface area contributed by atoms with E-state index < -0.39 is 0 Å². The fourth-order valence-electron chi connectivity index (χ4n) is 1.87. The SMILES string of the molecule is O=C(CCc1nnc(-c2cccs2)o1)NCc1cccnc1. The highest BCUT2D eigenvalue weighted by molar-refractivity contribution is 7.13. The molecule has 0 aliphatic heterocycles. The maximum Gasteiger partial charge on any atom is 0.257 e. The van der Waals surface area contributed by atoms with Crippen LogP contribution in [0.25, 0.3) is 10.8 Å². The van der Waals surface area contributed by atoms with Crippen LogP contribution < -0.4 is 5.32 Å². The standard InChI is InChI=1S/C15H14N4O2S/c20-13(17-10-11-3-1-7-16-9-11)5-6-14-18-19-15(21-14)12-4-2-8-22-12/h1-4,7-9H,5-6,10H2,(H,17,20). The Labute approximate surface area is 131 Å². The van der Waals surface area contributed by atoms with Gasteiger partial charge in [0.1, 0.15) is 0 Å². The van der Waals surface area contributed by atoms with Crippen molar-refractivity contribution in [3.63, 3.8) is 0 Å². The molecule has 0 aromatic carbocycles. The van der Waals surface area contributed by atoms with Gasteiger partial charge in [0.2, 0.25) is 11.8 Å². The van der Waals surface area contributed by atoms with Crippen LogP contribution in [0.1, 0.15) is 17.9 Å². The molecule has 1 N–H and O–H groups in total. The lowest BCUT2D eigenvalue weighted by atomic mass is 10.2. The van der Waals surface area contributed by atoms with Gasteiger partial charge >= 0.3 is 0 Å². The first kappa shape index (κ1) is 14.4. The van der Waals surface area contributed by atoms with Crippen LogP contribution in [0, 0.1) is 0 Å². The maximum absolute atomic E-state index is 11.8. The minimum atomic E-state index is -0.0558. The quantitative estimate of drug-likeness (QED) is 0.756. The highest BCUT2D eigenvalue weighted by Crippen LogP contribution is 2.23. The van der Waals surface area contributed by atoms with Gasteiger partial charge in [-0.1, -0.05) is 12.1 Å². The van der Waals surface area contributed by atoms with Crippen LogP contribution in [0.2, 0.25) is 0 Å². The van der Waals surface area contributed by atoms with Crippen molar-refractivity contribution in [3.05, 3.63) is 53.5 Å². The maximum atomic E-state index is 11.8. The Kier molecular flexibility index (Phi) is 4.55. The zero-order valence-electron chi connectivity index (χ0n) is 11.7. The second-order valence-electron chi connectivity index (χ2n) is 4.62. The van der Waals surface area contributed by atoms with Crippen LogP contribution in [0.15, 0.2) is 46.5 Å². The van der Waals surface area contributed by atoms with Crippen LogP contribution in [0.3, 0.4) is 0 Å². The molecule has 6 nitrogen and oxygen atoms in total. The Hall–Kier alpha value is -2.54. The summed E-state index contributed by atoms with van der Waals surface area (Å²) in [7, 11) is 0. The molecule has 0 radical (unpaired) electrons. The molecule has 0 unspecified atom stereocenters. The predicted molar refractivity (Wildman–Crippen MR) is 82.0 cm³/mol. The molecule has 22 heavy (non-hydrogen) atoms. The molecule has 0 aliphatic carbocycles. The first-order valence-corrected chi connectivity index (χ1v) is 7.71. The minimum absolute atomic E-state index is 0.0558. The zero-order chi connectivity index (χ0) is 15.2. The van der Waals surface area contributed by atoms with Crippen LogP contribution in [-0.4, -0.2) is 21.1 Å². The van der Waals surface area contributed by atoms with E-state index in [1.54, 1.807) is 12.4 Å². The zero-order valence-corrected chi connectivity index (χ0v) is 12.5. The van der Waals surface area contributed by atoms with Crippen molar-refractivity contribution in [2.24, 2.45) is 0 Å². The summed E-state index contributed by atoms with van der Waals surface area (Å²) in [6.45, 7) is 0.469. The number of nitrogens with zero attached hydrogens (tertiary/aromatic N) is 3. The van der Waals surface area contributed by atoms with Crippen LogP contribution in [0.4, 0.5) is 0 Å². The Morgan fingerprint density at radius 3 is 3.00 bits per heavy atom. The number of nitrogens with one attached hydrogen (secondary N) is 1. The van der Waals surface area contributed by atoms with Crippen molar-refractivity contribution in [1.29, 1.82) is 0 Å². The van der Waals surface area contributed by atoms with Crippen LogP contribution in [-0.2, 0) is 17.8 Å². The molecule has 1 amide bonds. The first-order chi connectivity index (χ1) is 10.8. The summed E-state index contributed by atoms with van der Waals surface area (Å²) < 4.78 is 5.54. The van der Waals surface area contributed by atoms with E-state index in [1.165, 1.54) is 11.3 Å². The number of carbonyl (C=O) groups is 1. The number of aromatic nitrogens is 3. The molecule has 0 saturated heterocycles. The summed E-state index contributed by atoms with van der Waals surface area (Å²) in [6.07, 6.45) is 4.17. The Balaban J connectivity index is 1.47. The number of hydrogen-bond donors (Lipinski definition) is 1. The average Bonchev–Trinajstić information content (AvgIpc) is 3.22. The van der Waals surface area contributed by atoms with E-state index in [0.717, 1.165) is 10.4 Å². The van der Waals surface area contributed by atoms with E-state index in [9.17, 15) is 4.79 Å². The van der Waals surface area contributed by atoms with E-state index >= 15 is 0 Å². The molecule has 3 heterocycles. The van der Waals surface area contributed by atoms with Crippen molar-refractivity contribution in [1.82, 2.24) is 20.5 Å². The van der Waals surface area contributed by atoms with Gasteiger partial charge in [-0.25, -0.2) is 0 Å². The topological polar surface area (TPSA) is 80.9 Å². The molecule has 3 rings (SSSR count). The van der Waals surface area contributed by atoms with Gasteiger partial charge in [0.25, 0.3) is 5.89 Å². The number of carbonyl (C=O) groups excluding carboxylic acids is 1. The van der Waals surface area contributed by atoms with Crippen molar-refractivity contribution in [2.45, 2.75) is 19.4 Å². The van der Waals surface area contributed by atoms with Gasteiger partial charge in [0.15, 0.2) is 0 Å². The number of rotatable bonds is 6. The number of pyridine rings is 1. The van der Waals surface area contributed by atoms with Crippen molar-refractivity contribution < 1.29 is 9.21 Å². The molecule has 0 bridgehead atoms. The molecule has 3 aromatic rings. The van der Waals surface area contributed by atoms with E-state index in [4.69, 9.17) is 4.42 Å². The highest BCUT2D eigenvalue weighted by Gasteiger charge is 2.11. The lowest BCUT2D eigenvalue weighted by Crippen LogP contribution is -2.23. The number of aryl methyl sites for hydroxylation is 1. The molecule has 0 fully saturated rings. The predicted octanol–water partition coefficient (Wildman–Crippen LogP) is 2.44. The molecule has 3 aromatic heterocycles. The summed E-state index contributed by atoms with van der Waals surface area (Å²) in [5.74, 6) is 0.917. The van der Waals surface area contributed by atoms with E-state index in [-0.39, 0.29) is 5.91 Å². The Bertz CT molecular complexity index is 725. The van der Waals surface area contributed by atoms with E-state index in [0.29, 0.717) is 31.2 Å². The number of thiophene rings is 1. The van der Waals surface area contributed by atoms with Gasteiger partial charge in [-0.05, 0) is 23.1 Å². The van der Waals surface area contributed by atoms with E-state index in [1.807, 2.05) is 29.6 Å². The first-order valence-electron chi connectivity index (χ1n) is 6.83. The Morgan fingerprint density at radius 2 is 2.23 bits per heavy atom. The van der Waals surface area contributed by atoms with Crippen molar-refractivity contribution in [3.8, 4) is 10.8 Å². The van der Waals surface area contributed by atoms with Crippen molar-refractivity contribution in [2.75, 3.05) is 0 Å². The monoisotopic (exact) mass is 314 g/mol. The summed E-state index contributed by atoms with van der Waals surface area (Å²) in [6, 6.07) is 7.60. The van der Waals surface area contributed by atoms with Gasteiger partial charge in [0, 0.05) is 31.8 Å². The molecule has 0 atom stereocenters.